The van der Waals surface area contributed by atoms with Crippen molar-refractivity contribution in [2.24, 2.45) is 5.73 Å². The van der Waals surface area contributed by atoms with Crippen LogP contribution < -0.4 is 11.1 Å². The molecule has 0 unspecified atom stereocenters. The number of amides is 2. The van der Waals surface area contributed by atoms with Gasteiger partial charge in [-0.2, -0.15) is 0 Å². The maximum Gasteiger partial charge on any atom is 0.251 e. The molecule has 2 amide bonds. The number of benzene rings is 1. The van der Waals surface area contributed by atoms with E-state index in [2.05, 4.69) is 5.32 Å². The third kappa shape index (κ3) is 4.17. The maximum atomic E-state index is 12.3. The van der Waals surface area contributed by atoms with Gasteiger partial charge in [-0.3, -0.25) is 9.59 Å². The molecule has 4 nitrogen and oxygen atoms in total. The molecule has 0 spiro atoms. The van der Waals surface area contributed by atoms with Crippen LogP contribution in [0.3, 0.4) is 0 Å². The molecule has 1 aliphatic rings. The molecule has 5 heteroatoms. The molecule has 1 heterocycles. The average Bonchev–Trinajstić information content (AvgIpc) is 2.75. The Balaban J connectivity index is 1.79. The van der Waals surface area contributed by atoms with Gasteiger partial charge in [0, 0.05) is 11.0 Å². The average molecular weight is 354 g/mol. The molecule has 25 heavy (non-hydrogen) atoms. The van der Waals surface area contributed by atoms with Crippen molar-refractivity contribution in [1.82, 2.24) is 0 Å². The van der Waals surface area contributed by atoms with Crippen molar-refractivity contribution >= 4 is 34.2 Å². The van der Waals surface area contributed by atoms with Crippen molar-refractivity contribution < 1.29 is 9.59 Å². The molecule has 130 valence electrons. The Hall–Kier alpha value is -2.40. The fraction of sp³-hybridized carbons (Fsp3) is 0.300. The van der Waals surface area contributed by atoms with Crippen LogP contribution in [-0.2, 0) is 17.6 Å². The quantitative estimate of drug-likeness (QED) is 0.641. The number of nitrogens with one attached hydrogen (secondary N) is 1. The van der Waals surface area contributed by atoms with Gasteiger partial charge in [0.1, 0.15) is 5.00 Å². The molecule has 1 aromatic heterocycles. The molecule has 0 saturated heterocycles. The van der Waals surface area contributed by atoms with E-state index in [1.807, 2.05) is 31.2 Å². The predicted octanol–water partition coefficient (Wildman–Crippen LogP) is 4.08. The number of thiophene rings is 1. The minimum absolute atomic E-state index is 0.250. The van der Waals surface area contributed by atoms with Crippen LogP contribution in [0.15, 0.2) is 30.3 Å². The third-order valence-electron chi connectivity index (χ3n) is 4.41. The molecular weight excluding hydrogens is 332 g/mol. The zero-order chi connectivity index (χ0) is 17.8. The van der Waals surface area contributed by atoms with Crippen molar-refractivity contribution in [1.29, 1.82) is 0 Å². The van der Waals surface area contributed by atoms with Gasteiger partial charge in [0.05, 0.1) is 5.56 Å². The van der Waals surface area contributed by atoms with E-state index in [1.165, 1.54) is 34.3 Å². The summed E-state index contributed by atoms with van der Waals surface area (Å²) >= 11 is 1.49. The molecule has 0 bridgehead atoms. The summed E-state index contributed by atoms with van der Waals surface area (Å²) in [5.74, 6) is -0.711. The Labute approximate surface area is 151 Å². The molecule has 1 aliphatic carbocycles. The van der Waals surface area contributed by atoms with Crippen LogP contribution in [0.4, 0.5) is 5.00 Å². The SMILES string of the molecule is Cc1ccc(C=CC(=O)Nc2sc3c(c2C(N)=O)CCCCC3)cc1. The number of carbonyl (C=O) groups is 2. The summed E-state index contributed by atoms with van der Waals surface area (Å²) < 4.78 is 0. The van der Waals surface area contributed by atoms with E-state index >= 15 is 0 Å². The normalized spacial score (nSPS) is 14.1. The number of hydrogen-bond donors (Lipinski definition) is 2. The van der Waals surface area contributed by atoms with Gasteiger partial charge >= 0.3 is 0 Å². The molecule has 3 N–H and O–H groups in total. The van der Waals surface area contributed by atoms with Crippen molar-refractivity contribution in [3.8, 4) is 0 Å². The molecular formula is C20H22N2O2S. The second kappa shape index (κ2) is 7.66. The van der Waals surface area contributed by atoms with Crippen molar-refractivity contribution in [2.75, 3.05) is 5.32 Å². The Bertz CT molecular complexity index is 819. The van der Waals surface area contributed by atoms with Gasteiger partial charge in [-0.25, -0.2) is 0 Å². The van der Waals surface area contributed by atoms with Crippen molar-refractivity contribution in [3.05, 3.63) is 57.5 Å². The van der Waals surface area contributed by atoms with E-state index in [9.17, 15) is 9.59 Å². The molecule has 0 saturated carbocycles. The second-order valence-corrected chi connectivity index (χ2v) is 7.47. The standard InChI is InChI=1S/C20H22N2O2S/c1-13-7-9-14(10-8-13)11-12-17(23)22-20-18(19(21)24)15-5-3-2-4-6-16(15)25-20/h7-12H,2-6H2,1H3,(H2,21,24)(H,22,23). The number of carbonyl (C=O) groups excluding carboxylic acids is 2. The highest BCUT2D eigenvalue weighted by Crippen LogP contribution is 2.37. The molecule has 3 rings (SSSR count). The lowest BCUT2D eigenvalue weighted by Crippen LogP contribution is -2.16. The van der Waals surface area contributed by atoms with E-state index in [0.717, 1.165) is 36.8 Å². The van der Waals surface area contributed by atoms with E-state index in [4.69, 9.17) is 5.73 Å². The Kier molecular flexibility index (Phi) is 5.34. The summed E-state index contributed by atoms with van der Waals surface area (Å²) in [4.78, 5) is 25.4. The van der Waals surface area contributed by atoms with Gasteiger partial charge in [-0.05, 0) is 49.8 Å². The predicted molar refractivity (Wildman–Crippen MR) is 103 cm³/mol. The summed E-state index contributed by atoms with van der Waals surface area (Å²) in [5, 5.41) is 3.42. The number of aryl methyl sites for hydroxylation is 2. The first-order valence-corrected chi connectivity index (χ1v) is 9.36. The van der Waals surface area contributed by atoms with Crippen molar-refractivity contribution in [2.45, 2.75) is 39.0 Å². The van der Waals surface area contributed by atoms with E-state index in [1.54, 1.807) is 6.08 Å². The molecule has 0 atom stereocenters. The fourth-order valence-electron chi connectivity index (χ4n) is 3.09. The number of anilines is 1. The van der Waals surface area contributed by atoms with Crippen LogP contribution in [0.2, 0.25) is 0 Å². The molecule has 0 aliphatic heterocycles. The molecule has 1 aromatic carbocycles. The minimum atomic E-state index is -0.461. The fourth-order valence-corrected chi connectivity index (χ4v) is 4.39. The maximum absolute atomic E-state index is 12.3. The first kappa shape index (κ1) is 17.4. The monoisotopic (exact) mass is 354 g/mol. The van der Waals surface area contributed by atoms with E-state index < -0.39 is 5.91 Å². The first-order chi connectivity index (χ1) is 12.0. The summed E-state index contributed by atoms with van der Waals surface area (Å²) in [6, 6.07) is 7.92. The number of rotatable bonds is 4. The second-order valence-electron chi connectivity index (χ2n) is 6.37. The van der Waals surface area contributed by atoms with Crippen LogP contribution in [0.5, 0.6) is 0 Å². The van der Waals surface area contributed by atoms with Crippen LogP contribution in [0, 0.1) is 6.92 Å². The van der Waals surface area contributed by atoms with Crippen LogP contribution in [0.25, 0.3) is 6.08 Å². The lowest BCUT2D eigenvalue weighted by Gasteiger charge is -2.04. The minimum Gasteiger partial charge on any atom is -0.365 e. The van der Waals surface area contributed by atoms with Crippen LogP contribution in [0.1, 0.15) is 51.2 Å². The first-order valence-electron chi connectivity index (χ1n) is 8.54. The Morgan fingerprint density at radius 2 is 1.84 bits per heavy atom. The smallest absolute Gasteiger partial charge is 0.251 e. The summed E-state index contributed by atoms with van der Waals surface area (Å²) in [5.41, 5.74) is 9.25. The summed E-state index contributed by atoms with van der Waals surface area (Å²) in [6.45, 7) is 2.02. The lowest BCUT2D eigenvalue weighted by atomic mass is 10.1. The van der Waals surface area contributed by atoms with Crippen molar-refractivity contribution in [3.63, 3.8) is 0 Å². The number of primary amides is 1. The number of hydrogen-bond acceptors (Lipinski definition) is 3. The lowest BCUT2D eigenvalue weighted by molar-refractivity contribution is -0.111. The zero-order valence-corrected chi connectivity index (χ0v) is 15.1. The van der Waals surface area contributed by atoms with Gasteiger partial charge in [-0.15, -0.1) is 11.3 Å². The highest BCUT2D eigenvalue weighted by Gasteiger charge is 2.23. The van der Waals surface area contributed by atoms with Gasteiger partial charge < -0.3 is 11.1 Å². The zero-order valence-electron chi connectivity index (χ0n) is 14.3. The molecule has 0 fully saturated rings. The van der Waals surface area contributed by atoms with E-state index in [-0.39, 0.29) is 5.91 Å². The van der Waals surface area contributed by atoms with Crippen LogP contribution in [-0.4, -0.2) is 11.8 Å². The highest BCUT2D eigenvalue weighted by molar-refractivity contribution is 7.17. The third-order valence-corrected chi connectivity index (χ3v) is 5.62. The Morgan fingerprint density at radius 1 is 1.12 bits per heavy atom. The van der Waals surface area contributed by atoms with Gasteiger partial charge in [0.2, 0.25) is 5.91 Å². The molecule has 0 radical (unpaired) electrons. The Morgan fingerprint density at radius 3 is 2.56 bits per heavy atom. The highest BCUT2D eigenvalue weighted by atomic mass is 32.1. The van der Waals surface area contributed by atoms with Gasteiger partial charge in [-0.1, -0.05) is 36.2 Å². The molecule has 2 aromatic rings. The number of nitrogens with two attached hydrogens (primary N) is 1. The summed E-state index contributed by atoms with van der Waals surface area (Å²) in [7, 11) is 0. The van der Waals surface area contributed by atoms with Gasteiger partial charge in [0.25, 0.3) is 5.91 Å². The largest absolute Gasteiger partial charge is 0.365 e. The van der Waals surface area contributed by atoms with Crippen LogP contribution >= 0.6 is 11.3 Å². The topological polar surface area (TPSA) is 72.2 Å². The van der Waals surface area contributed by atoms with Gasteiger partial charge in [0.15, 0.2) is 0 Å². The van der Waals surface area contributed by atoms with E-state index in [0.29, 0.717) is 10.6 Å². The number of fused-ring (bicyclic) bond motifs is 1. The summed E-state index contributed by atoms with van der Waals surface area (Å²) in [6.07, 6.45) is 8.41.